The summed E-state index contributed by atoms with van der Waals surface area (Å²) in [5.74, 6) is -0.205. The van der Waals surface area contributed by atoms with Crippen LogP contribution in [-0.4, -0.2) is 18.5 Å². The Morgan fingerprint density at radius 2 is 2.28 bits per heavy atom. The van der Waals surface area contributed by atoms with Gasteiger partial charge in [-0.05, 0) is 37.0 Å². The molecule has 1 saturated heterocycles. The van der Waals surface area contributed by atoms with E-state index < -0.39 is 0 Å². The summed E-state index contributed by atoms with van der Waals surface area (Å²) in [4.78, 5) is 11.7. The van der Waals surface area contributed by atoms with Crippen molar-refractivity contribution in [3.05, 3.63) is 34.1 Å². The van der Waals surface area contributed by atoms with Crippen molar-refractivity contribution in [2.45, 2.75) is 31.8 Å². The highest BCUT2D eigenvalue weighted by molar-refractivity contribution is 9.10. The number of rotatable bonds is 3. The SMILES string of the molecule is O=C1NCCCC[C@H]1NCc1ccc(F)cc1Br. The molecule has 0 bridgehead atoms. The first-order valence-corrected chi connectivity index (χ1v) is 6.91. The fraction of sp³-hybridized carbons (Fsp3) is 0.462. The lowest BCUT2D eigenvalue weighted by atomic mass is 10.1. The number of carbonyl (C=O) groups is 1. The molecule has 5 heteroatoms. The van der Waals surface area contributed by atoms with Crippen molar-refractivity contribution >= 4 is 21.8 Å². The van der Waals surface area contributed by atoms with Crippen LogP contribution in [0.3, 0.4) is 0 Å². The molecule has 3 nitrogen and oxygen atoms in total. The number of amides is 1. The van der Waals surface area contributed by atoms with Gasteiger partial charge in [0.1, 0.15) is 5.82 Å². The second-order valence-electron chi connectivity index (χ2n) is 4.46. The lowest BCUT2D eigenvalue weighted by molar-refractivity contribution is -0.122. The van der Waals surface area contributed by atoms with E-state index in [1.165, 1.54) is 12.1 Å². The van der Waals surface area contributed by atoms with Crippen molar-refractivity contribution in [1.29, 1.82) is 0 Å². The van der Waals surface area contributed by atoms with Gasteiger partial charge in [0.25, 0.3) is 0 Å². The Kier molecular flexibility index (Phi) is 4.72. The average molecular weight is 315 g/mol. The molecule has 1 amide bonds. The summed E-state index contributed by atoms with van der Waals surface area (Å²) >= 11 is 3.32. The van der Waals surface area contributed by atoms with Crippen LogP contribution >= 0.6 is 15.9 Å². The molecule has 0 radical (unpaired) electrons. The maximum absolute atomic E-state index is 12.9. The van der Waals surface area contributed by atoms with Crippen molar-refractivity contribution in [1.82, 2.24) is 10.6 Å². The van der Waals surface area contributed by atoms with Crippen LogP contribution in [0.1, 0.15) is 24.8 Å². The van der Waals surface area contributed by atoms with Gasteiger partial charge >= 0.3 is 0 Å². The molecule has 0 unspecified atom stereocenters. The second kappa shape index (κ2) is 6.29. The molecule has 1 atom stereocenters. The third-order valence-electron chi connectivity index (χ3n) is 3.09. The lowest BCUT2D eigenvalue weighted by Gasteiger charge is -2.15. The summed E-state index contributed by atoms with van der Waals surface area (Å²) < 4.78 is 13.7. The first-order chi connectivity index (χ1) is 8.66. The minimum atomic E-state index is -0.266. The monoisotopic (exact) mass is 314 g/mol. The molecule has 1 aromatic carbocycles. The smallest absolute Gasteiger partial charge is 0.237 e. The van der Waals surface area contributed by atoms with Crippen molar-refractivity contribution in [2.75, 3.05) is 6.54 Å². The molecule has 0 saturated carbocycles. The van der Waals surface area contributed by atoms with Gasteiger partial charge in [0.05, 0.1) is 6.04 Å². The largest absolute Gasteiger partial charge is 0.355 e. The number of carbonyl (C=O) groups excluding carboxylic acids is 1. The zero-order valence-electron chi connectivity index (χ0n) is 10.0. The first-order valence-electron chi connectivity index (χ1n) is 6.12. The molecule has 2 N–H and O–H groups in total. The van der Waals surface area contributed by atoms with E-state index in [4.69, 9.17) is 0 Å². The maximum Gasteiger partial charge on any atom is 0.237 e. The molecule has 1 aliphatic rings. The van der Waals surface area contributed by atoms with Crippen molar-refractivity contribution < 1.29 is 9.18 Å². The molecule has 1 heterocycles. The molecular formula is C13H16BrFN2O. The highest BCUT2D eigenvalue weighted by atomic mass is 79.9. The molecule has 1 aliphatic heterocycles. The van der Waals surface area contributed by atoms with Gasteiger partial charge in [-0.25, -0.2) is 4.39 Å². The highest BCUT2D eigenvalue weighted by Crippen LogP contribution is 2.18. The fourth-order valence-corrected chi connectivity index (χ4v) is 2.52. The minimum Gasteiger partial charge on any atom is -0.355 e. The van der Waals surface area contributed by atoms with Gasteiger partial charge in [-0.2, -0.15) is 0 Å². The number of hydrogen-bond acceptors (Lipinski definition) is 2. The fourth-order valence-electron chi connectivity index (χ4n) is 2.03. The molecule has 1 aromatic rings. The molecule has 1 fully saturated rings. The standard InChI is InChI=1S/C13H16BrFN2O/c14-11-7-10(15)5-4-9(11)8-17-12-3-1-2-6-16-13(12)18/h4-5,7,12,17H,1-3,6,8H2,(H,16,18)/t12-/m1/s1. The van der Waals surface area contributed by atoms with Crippen molar-refractivity contribution in [3.8, 4) is 0 Å². The van der Waals surface area contributed by atoms with Gasteiger partial charge in [0.15, 0.2) is 0 Å². The van der Waals surface area contributed by atoms with Gasteiger partial charge in [0, 0.05) is 17.6 Å². The summed E-state index contributed by atoms with van der Waals surface area (Å²) in [7, 11) is 0. The average Bonchev–Trinajstić information content (AvgIpc) is 2.53. The highest BCUT2D eigenvalue weighted by Gasteiger charge is 2.19. The number of nitrogens with one attached hydrogen (secondary N) is 2. The van der Waals surface area contributed by atoms with E-state index in [1.54, 1.807) is 6.07 Å². The predicted octanol–water partition coefficient (Wildman–Crippen LogP) is 2.35. The first kappa shape index (κ1) is 13.5. The van der Waals surface area contributed by atoms with Crippen LogP contribution in [0, 0.1) is 5.82 Å². The summed E-state index contributed by atoms with van der Waals surface area (Å²) in [5, 5.41) is 6.10. The summed E-state index contributed by atoms with van der Waals surface area (Å²) in [5.41, 5.74) is 0.952. The van der Waals surface area contributed by atoms with Gasteiger partial charge < -0.3 is 10.6 Å². The van der Waals surface area contributed by atoms with Crippen LogP contribution in [0.5, 0.6) is 0 Å². The number of halogens is 2. The normalized spacial score (nSPS) is 20.3. The van der Waals surface area contributed by atoms with E-state index in [-0.39, 0.29) is 17.8 Å². The van der Waals surface area contributed by atoms with Crippen LogP contribution < -0.4 is 10.6 Å². The molecule has 18 heavy (non-hydrogen) atoms. The Bertz CT molecular complexity index is 439. The van der Waals surface area contributed by atoms with Gasteiger partial charge in [0.2, 0.25) is 5.91 Å². The Labute approximate surface area is 114 Å². The Balaban J connectivity index is 1.95. The molecule has 0 aliphatic carbocycles. The number of hydrogen-bond donors (Lipinski definition) is 2. The van der Waals surface area contributed by atoms with E-state index in [1.807, 2.05) is 0 Å². The molecule has 98 valence electrons. The zero-order valence-corrected chi connectivity index (χ0v) is 11.6. The Hall–Kier alpha value is -0.940. The number of benzene rings is 1. The van der Waals surface area contributed by atoms with Crippen molar-refractivity contribution in [2.24, 2.45) is 0 Å². The predicted molar refractivity (Wildman–Crippen MR) is 71.6 cm³/mol. The summed E-state index contributed by atoms with van der Waals surface area (Å²) in [6.07, 6.45) is 2.93. The van der Waals surface area contributed by atoms with E-state index in [0.29, 0.717) is 6.54 Å². The van der Waals surface area contributed by atoms with Crippen LogP contribution in [0.15, 0.2) is 22.7 Å². The third-order valence-corrected chi connectivity index (χ3v) is 3.83. The van der Waals surface area contributed by atoms with E-state index in [9.17, 15) is 9.18 Å². The molecular weight excluding hydrogens is 299 g/mol. The second-order valence-corrected chi connectivity index (χ2v) is 5.31. The van der Waals surface area contributed by atoms with E-state index >= 15 is 0 Å². The van der Waals surface area contributed by atoms with E-state index in [2.05, 4.69) is 26.6 Å². The summed E-state index contributed by atoms with van der Waals surface area (Å²) in [6, 6.07) is 4.43. The minimum absolute atomic E-state index is 0.0609. The van der Waals surface area contributed by atoms with Gasteiger partial charge in [-0.15, -0.1) is 0 Å². The quantitative estimate of drug-likeness (QED) is 0.899. The van der Waals surface area contributed by atoms with Gasteiger partial charge in [-0.1, -0.05) is 22.0 Å². The lowest BCUT2D eigenvalue weighted by Crippen LogP contribution is -2.42. The summed E-state index contributed by atoms with van der Waals surface area (Å²) in [6.45, 7) is 1.32. The third kappa shape index (κ3) is 3.53. The molecule has 2 rings (SSSR count). The molecule has 0 aromatic heterocycles. The Morgan fingerprint density at radius 3 is 3.06 bits per heavy atom. The van der Waals surface area contributed by atoms with Crippen LogP contribution in [0.4, 0.5) is 4.39 Å². The van der Waals surface area contributed by atoms with E-state index in [0.717, 1.165) is 35.8 Å². The van der Waals surface area contributed by atoms with Crippen molar-refractivity contribution in [3.63, 3.8) is 0 Å². The Morgan fingerprint density at radius 1 is 1.44 bits per heavy atom. The molecule has 0 spiro atoms. The maximum atomic E-state index is 12.9. The topological polar surface area (TPSA) is 41.1 Å². The van der Waals surface area contributed by atoms with Crippen LogP contribution in [-0.2, 0) is 11.3 Å². The van der Waals surface area contributed by atoms with Crippen LogP contribution in [0.25, 0.3) is 0 Å². The van der Waals surface area contributed by atoms with Crippen LogP contribution in [0.2, 0.25) is 0 Å². The zero-order chi connectivity index (χ0) is 13.0. The van der Waals surface area contributed by atoms with Gasteiger partial charge in [-0.3, -0.25) is 4.79 Å².